The Balaban J connectivity index is 2.09. The number of nitrogens with one attached hydrogen (secondary N) is 1. The third-order valence-corrected chi connectivity index (χ3v) is 1.41. The van der Waals surface area contributed by atoms with Gasteiger partial charge in [-0.3, -0.25) is 0 Å². The van der Waals surface area contributed by atoms with Crippen molar-refractivity contribution < 1.29 is 9.47 Å². The predicted octanol–water partition coefficient (Wildman–Crippen LogP) is 0.525. The minimum Gasteiger partial charge on any atom is -0.350 e. The summed E-state index contributed by atoms with van der Waals surface area (Å²) in [5.41, 5.74) is 1.03. The average Bonchev–Trinajstić information content (AvgIpc) is 2.03. The Morgan fingerprint density at radius 1 is 1.82 bits per heavy atom. The highest BCUT2D eigenvalue weighted by Crippen LogP contribution is 1.99. The van der Waals surface area contributed by atoms with Crippen molar-refractivity contribution in [3.8, 4) is 0 Å². The van der Waals surface area contributed by atoms with E-state index in [9.17, 15) is 0 Å². The van der Waals surface area contributed by atoms with E-state index in [0.717, 1.165) is 25.3 Å². The molecule has 1 aliphatic rings. The quantitative estimate of drug-likeness (QED) is 0.606. The highest BCUT2D eigenvalue weighted by atomic mass is 16.7. The van der Waals surface area contributed by atoms with E-state index in [2.05, 4.69) is 11.9 Å². The van der Waals surface area contributed by atoms with E-state index in [-0.39, 0.29) is 6.29 Å². The minimum absolute atomic E-state index is 0.0829. The summed E-state index contributed by atoms with van der Waals surface area (Å²) in [6, 6.07) is 0. The number of hydrogen-bond acceptors (Lipinski definition) is 3. The number of morpholine rings is 1. The highest BCUT2D eigenvalue weighted by molar-refractivity contribution is 4.87. The fourth-order valence-corrected chi connectivity index (χ4v) is 0.884. The summed E-state index contributed by atoms with van der Waals surface area (Å²) < 4.78 is 10.7. The summed E-state index contributed by atoms with van der Waals surface area (Å²) in [7, 11) is 0. The standard InChI is InChI=1S/C8H15NO2/c1-7(2)6-11-8-5-9-3-4-10-8/h8-9H,1,3-6H2,2H3. The van der Waals surface area contributed by atoms with Gasteiger partial charge in [-0.25, -0.2) is 0 Å². The van der Waals surface area contributed by atoms with Crippen LogP contribution in [0.3, 0.4) is 0 Å². The zero-order valence-electron chi connectivity index (χ0n) is 6.93. The van der Waals surface area contributed by atoms with Crippen molar-refractivity contribution >= 4 is 0 Å². The van der Waals surface area contributed by atoms with Crippen LogP contribution < -0.4 is 5.32 Å². The summed E-state index contributed by atoms with van der Waals surface area (Å²) in [6.07, 6.45) is -0.0829. The molecule has 3 nitrogen and oxygen atoms in total. The molecule has 1 N–H and O–H groups in total. The smallest absolute Gasteiger partial charge is 0.170 e. The molecular formula is C8H15NO2. The normalized spacial score (nSPS) is 25.0. The Bertz CT molecular complexity index is 130. The van der Waals surface area contributed by atoms with Crippen LogP contribution in [0.2, 0.25) is 0 Å². The van der Waals surface area contributed by atoms with E-state index in [0.29, 0.717) is 6.61 Å². The van der Waals surface area contributed by atoms with Gasteiger partial charge in [0.2, 0.25) is 0 Å². The van der Waals surface area contributed by atoms with Crippen LogP contribution in [-0.2, 0) is 9.47 Å². The summed E-state index contributed by atoms with van der Waals surface area (Å²) >= 11 is 0. The minimum atomic E-state index is -0.0829. The van der Waals surface area contributed by atoms with Gasteiger partial charge in [-0.05, 0) is 6.92 Å². The molecule has 1 saturated heterocycles. The Hall–Kier alpha value is -0.380. The van der Waals surface area contributed by atoms with Crippen LogP contribution in [0.5, 0.6) is 0 Å². The van der Waals surface area contributed by atoms with Gasteiger partial charge in [-0.1, -0.05) is 12.2 Å². The van der Waals surface area contributed by atoms with Crippen molar-refractivity contribution in [2.75, 3.05) is 26.3 Å². The first-order valence-electron chi connectivity index (χ1n) is 3.87. The van der Waals surface area contributed by atoms with E-state index in [4.69, 9.17) is 9.47 Å². The van der Waals surface area contributed by atoms with Gasteiger partial charge in [0.15, 0.2) is 6.29 Å². The molecule has 3 heteroatoms. The van der Waals surface area contributed by atoms with Gasteiger partial charge >= 0.3 is 0 Å². The van der Waals surface area contributed by atoms with Crippen molar-refractivity contribution in [2.45, 2.75) is 13.2 Å². The third kappa shape index (κ3) is 3.51. The molecule has 0 aromatic heterocycles. The molecule has 1 heterocycles. The Kier molecular flexibility index (Phi) is 3.56. The molecule has 0 radical (unpaired) electrons. The van der Waals surface area contributed by atoms with Gasteiger partial charge < -0.3 is 14.8 Å². The van der Waals surface area contributed by atoms with Crippen molar-refractivity contribution in [1.29, 1.82) is 0 Å². The van der Waals surface area contributed by atoms with Crippen LogP contribution in [0.25, 0.3) is 0 Å². The van der Waals surface area contributed by atoms with E-state index >= 15 is 0 Å². The summed E-state index contributed by atoms with van der Waals surface area (Å²) in [6.45, 7) is 8.71. The van der Waals surface area contributed by atoms with Crippen LogP contribution in [0.4, 0.5) is 0 Å². The molecule has 11 heavy (non-hydrogen) atoms. The van der Waals surface area contributed by atoms with Gasteiger partial charge in [0.1, 0.15) is 0 Å². The molecule has 0 saturated carbocycles. The second kappa shape index (κ2) is 4.49. The largest absolute Gasteiger partial charge is 0.350 e. The van der Waals surface area contributed by atoms with Gasteiger partial charge in [-0.15, -0.1) is 0 Å². The Labute approximate surface area is 67.4 Å². The van der Waals surface area contributed by atoms with Crippen molar-refractivity contribution in [3.63, 3.8) is 0 Å². The van der Waals surface area contributed by atoms with Crippen LogP contribution in [0.1, 0.15) is 6.92 Å². The summed E-state index contributed by atoms with van der Waals surface area (Å²) in [5.74, 6) is 0. The molecule has 1 atom stereocenters. The van der Waals surface area contributed by atoms with Gasteiger partial charge in [0, 0.05) is 13.1 Å². The summed E-state index contributed by atoms with van der Waals surface area (Å²) in [5, 5.41) is 3.18. The molecule has 0 spiro atoms. The number of rotatable bonds is 3. The van der Waals surface area contributed by atoms with Crippen LogP contribution in [0, 0.1) is 0 Å². The first kappa shape index (κ1) is 8.71. The summed E-state index contributed by atoms with van der Waals surface area (Å²) in [4.78, 5) is 0. The van der Waals surface area contributed by atoms with Gasteiger partial charge in [0.25, 0.3) is 0 Å². The maximum absolute atomic E-state index is 5.36. The lowest BCUT2D eigenvalue weighted by Crippen LogP contribution is -2.40. The number of ether oxygens (including phenoxy) is 2. The lowest BCUT2D eigenvalue weighted by atomic mass is 10.4. The third-order valence-electron chi connectivity index (χ3n) is 1.41. The SMILES string of the molecule is C=C(C)COC1CNCCO1. The average molecular weight is 157 g/mol. The molecular weight excluding hydrogens is 142 g/mol. The Morgan fingerprint density at radius 2 is 2.64 bits per heavy atom. The monoisotopic (exact) mass is 157 g/mol. The zero-order valence-corrected chi connectivity index (χ0v) is 6.93. The number of hydrogen-bond donors (Lipinski definition) is 1. The zero-order chi connectivity index (χ0) is 8.10. The van der Waals surface area contributed by atoms with Crippen LogP contribution in [0.15, 0.2) is 12.2 Å². The lowest BCUT2D eigenvalue weighted by Gasteiger charge is -2.23. The Morgan fingerprint density at radius 3 is 3.18 bits per heavy atom. The van der Waals surface area contributed by atoms with Crippen LogP contribution in [-0.4, -0.2) is 32.6 Å². The van der Waals surface area contributed by atoms with Gasteiger partial charge in [-0.2, -0.15) is 0 Å². The van der Waals surface area contributed by atoms with E-state index < -0.39 is 0 Å². The molecule has 0 aliphatic carbocycles. The second-order valence-electron chi connectivity index (χ2n) is 2.77. The molecule has 0 aromatic carbocycles. The molecule has 64 valence electrons. The molecule has 1 unspecified atom stereocenters. The maximum atomic E-state index is 5.36. The van der Waals surface area contributed by atoms with Crippen LogP contribution >= 0.6 is 0 Å². The molecule has 1 aliphatic heterocycles. The van der Waals surface area contributed by atoms with E-state index in [1.807, 2.05) is 6.92 Å². The first-order valence-corrected chi connectivity index (χ1v) is 3.87. The topological polar surface area (TPSA) is 30.5 Å². The predicted molar refractivity (Wildman–Crippen MR) is 43.4 cm³/mol. The van der Waals surface area contributed by atoms with E-state index in [1.54, 1.807) is 0 Å². The lowest BCUT2D eigenvalue weighted by molar-refractivity contribution is -0.147. The molecule has 1 fully saturated rings. The van der Waals surface area contributed by atoms with Crippen molar-refractivity contribution in [3.05, 3.63) is 12.2 Å². The van der Waals surface area contributed by atoms with Crippen molar-refractivity contribution in [1.82, 2.24) is 5.32 Å². The van der Waals surface area contributed by atoms with Crippen molar-refractivity contribution in [2.24, 2.45) is 0 Å². The first-order chi connectivity index (χ1) is 5.29. The molecule has 0 aromatic rings. The fraction of sp³-hybridized carbons (Fsp3) is 0.750. The van der Waals surface area contributed by atoms with Gasteiger partial charge in [0.05, 0.1) is 13.2 Å². The van der Waals surface area contributed by atoms with E-state index in [1.165, 1.54) is 0 Å². The molecule has 1 rings (SSSR count). The second-order valence-corrected chi connectivity index (χ2v) is 2.77. The fourth-order valence-electron chi connectivity index (χ4n) is 0.884. The highest BCUT2D eigenvalue weighted by Gasteiger charge is 2.12. The molecule has 0 amide bonds. The molecule has 0 bridgehead atoms. The maximum Gasteiger partial charge on any atom is 0.170 e.